The monoisotopic (exact) mass is 184 g/mol. The molecule has 1 aromatic rings. The number of rotatable bonds is 3. The fourth-order valence-electron chi connectivity index (χ4n) is 0.988. The second kappa shape index (κ2) is 3.89. The van der Waals surface area contributed by atoms with E-state index in [9.17, 15) is 9.18 Å². The molecule has 0 heterocycles. The highest BCUT2D eigenvalue weighted by molar-refractivity contribution is 5.91. The van der Waals surface area contributed by atoms with Crippen LogP contribution in [0.25, 0.3) is 0 Å². The van der Waals surface area contributed by atoms with E-state index >= 15 is 0 Å². The van der Waals surface area contributed by atoms with Gasteiger partial charge in [0.15, 0.2) is 0 Å². The van der Waals surface area contributed by atoms with Gasteiger partial charge in [-0.2, -0.15) is 0 Å². The number of hydrogen-bond acceptors (Lipinski definition) is 2. The largest absolute Gasteiger partial charge is 0.493 e. The van der Waals surface area contributed by atoms with E-state index in [0.717, 1.165) is 6.07 Å². The molecular weight excluding hydrogens is 175 g/mol. The molecule has 13 heavy (non-hydrogen) atoms. The SMILES string of the molecule is CCOc1cccc(F)c1C(=O)O. The van der Waals surface area contributed by atoms with Gasteiger partial charge in [-0.15, -0.1) is 0 Å². The van der Waals surface area contributed by atoms with E-state index in [-0.39, 0.29) is 5.75 Å². The Morgan fingerprint density at radius 3 is 2.85 bits per heavy atom. The Labute approximate surface area is 74.8 Å². The minimum Gasteiger partial charge on any atom is -0.493 e. The summed E-state index contributed by atoms with van der Waals surface area (Å²) >= 11 is 0. The lowest BCUT2D eigenvalue weighted by atomic mass is 10.2. The first-order valence-electron chi connectivity index (χ1n) is 3.81. The minimum absolute atomic E-state index is 0.0648. The first-order valence-corrected chi connectivity index (χ1v) is 3.81. The Morgan fingerprint density at radius 1 is 1.62 bits per heavy atom. The zero-order chi connectivity index (χ0) is 9.84. The highest BCUT2D eigenvalue weighted by Crippen LogP contribution is 2.21. The molecule has 0 aliphatic rings. The number of aromatic carboxylic acids is 1. The quantitative estimate of drug-likeness (QED) is 0.780. The third kappa shape index (κ3) is 1.96. The van der Waals surface area contributed by atoms with Gasteiger partial charge >= 0.3 is 5.97 Å². The number of carbonyl (C=O) groups is 1. The zero-order valence-corrected chi connectivity index (χ0v) is 7.08. The van der Waals surface area contributed by atoms with Gasteiger partial charge < -0.3 is 9.84 Å². The van der Waals surface area contributed by atoms with Gasteiger partial charge in [-0.3, -0.25) is 0 Å². The van der Waals surface area contributed by atoms with E-state index in [4.69, 9.17) is 9.84 Å². The highest BCUT2D eigenvalue weighted by Gasteiger charge is 2.15. The van der Waals surface area contributed by atoms with Crippen LogP contribution < -0.4 is 4.74 Å². The van der Waals surface area contributed by atoms with Crippen molar-refractivity contribution in [2.45, 2.75) is 6.92 Å². The summed E-state index contributed by atoms with van der Waals surface area (Å²) < 4.78 is 17.9. The fraction of sp³-hybridized carbons (Fsp3) is 0.222. The van der Waals surface area contributed by atoms with Crippen LogP contribution in [0.2, 0.25) is 0 Å². The van der Waals surface area contributed by atoms with Crippen molar-refractivity contribution < 1.29 is 19.0 Å². The summed E-state index contributed by atoms with van der Waals surface area (Å²) in [5, 5.41) is 8.65. The van der Waals surface area contributed by atoms with E-state index < -0.39 is 17.3 Å². The van der Waals surface area contributed by atoms with Crippen LogP contribution in [0.3, 0.4) is 0 Å². The first-order chi connectivity index (χ1) is 6.16. The number of ether oxygens (including phenoxy) is 1. The van der Waals surface area contributed by atoms with Crippen molar-refractivity contribution in [2.24, 2.45) is 0 Å². The van der Waals surface area contributed by atoms with Gasteiger partial charge in [0.25, 0.3) is 0 Å². The van der Waals surface area contributed by atoms with E-state index in [2.05, 4.69) is 0 Å². The zero-order valence-electron chi connectivity index (χ0n) is 7.08. The molecule has 0 saturated heterocycles. The van der Waals surface area contributed by atoms with Gasteiger partial charge in [0.2, 0.25) is 0 Å². The maximum Gasteiger partial charge on any atom is 0.342 e. The standard InChI is InChI=1S/C9H9FO3/c1-2-13-7-5-3-4-6(10)8(7)9(11)12/h3-5H,2H2,1H3,(H,11,12). The second-order valence-electron chi connectivity index (χ2n) is 2.35. The lowest BCUT2D eigenvalue weighted by molar-refractivity contribution is 0.0687. The van der Waals surface area contributed by atoms with Crippen LogP contribution in [0, 0.1) is 5.82 Å². The summed E-state index contributed by atoms with van der Waals surface area (Å²) in [5.41, 5.74) is -0.413. The normalized spacial score (nSPS) is 9.69. The van der Waals surface area contributed by atoms with Crippen molar-refractivity contribution in [3.05, 3.63) is 29.6 Å². The molecule has 0 radical (unpaired) electrons. The lowest BCUT2D eigenvalue weighted by Gasteiger charge is -2.06. The summed E-state index contributed by atoms with van der Waals surface area (Å²) in [5.74, 6) is -2.03. The highest BCUT2D eigenvalue weighted by atomic mass is 19.1. The van der Waals surface area contributed by atoms with Gasteiger partial charge in [-0.1, -0.05) is 6.07 Å². The second-order valence-corrected chi connectivity index (χ2v) is 2.35. The van der Waals surface area contributed by atoms with Gasteiger partial charge in [-0.25, -0.2) is 9.18 Å². The molecule has 1 N–H and O–H groups in total. The molecule has 0 aromatic heterocycles. The number of carboxylic acid groups (broad SMARTS) is 1. The smallest absolute Gasteiger partial charge is 0.342 e. The molecule has 0 fully saturated rings. The average Bonchev–Trinajstić information content (AvgIpc) is 2.04. The minimum atomic E-state index is -1.32. The van der Waals surface area contributed by atoms with E-state index in [1.54, 1.807) is 6.92 Å². The molecule has 0 bridgehead atoms. The number of halogens is 1. The van der Waals surface area contributed by atoms with Crippen LogP contribution in [-0.2, 0) is 0 Å². The molecule has 0 unspecified atom stereocenters. The predicted octanol–water partition coefficient (Wildman–Crippen LogP) is 1.92. The van der Waals surface area contributed by atoms with Crippen LogP contribution in [0.15, 0.2) is 18.2 Å². The third-order valence-corrected chi connectivity index (χ3v) is 1.49. The molecule has 0 atom stereocenters. The molecule has 0 amide bonds. The van der Waals surface area contributed by atoms with Crippen molar-refractivity contribution in [3.63, 3.8) is 0 Å². The Balaban J connectivity index is 3.17. The lowest BCUT2D eigenvalue weighted by Crippen LogP contribution is -2.05. The summed E-state index contributed by atoms with van der Waals surface area (Å²) in [6.45, 7) is 2.01. The van der Waals surface area contributed by atoms with Gasteiger partial charge in [0.1, 0.15) is 17.1 Å². The maximum absolute atomic E-state index is 13.0. The van der Waals surface area contributed by atoms with Gasteiger partial charge in [-0.05, 0) is 19.1 Å². The molecule has 70 valence electrons. The van der Waals surface area contributed by atoms with Crippen LogP contribution in [0.1, 0.15) is 17.3 Å². The Kier molecular flexibility index (Phi) is 2.84. The Bertz CT molecular complexity index is 323. The van der Waals surface area contributed by atoms with Crippen LogP contribution >= 0.6 is 0 Å². The molecule has 1 aromatic carbocycles. The summed E-state index contributed by atoms with van der Waals surface area (Å²) in [7, 11) is 0. The molecule has 0 aliphatic heterocycles. The molecule has 4 heteroatoms. The van der Waals surface area contributed by atoms with Crippen LogP contribution in [0.5, 0.6) is 5.75 Å². The van der Waals surface area contributed by atoms with Crippen LogP contribution in [0.4, 0.5) is 4.39 Å². The number of hydrogen-bond donors (Lipinski definition) is 1. The van der Waals surface area contributed by atoms with Crippen molar-refractivity contribution >= 4 is 5.97 Å². The molecule has 1 rings (SSSR count). The van der Waals surface area contributed by atoms with E-state index in [1.165, 1.54) is 12.1 Å². The van der Waals surface area contributed by atoms with Crippen molar-refractivity contribution in [1.82, 2.24) is 0 Å². The average molecular weight is 184 g/mol. The molecular formula is C9H9FO3. The van der Waals surface area contributed by atoms with Gasteiger partial charge in [0.05, 0.1) is 6.61 Å². The van der Waals surface area contributed by atoms with E-state index in [0.29, 0.717) is 6.61 Å². The summed E-state index contributed by atoms with van der Waals surface area (Å²) in [6.07, 6.45) is 0. The van der Waals surface area contributed by atoms with Crippen molar-refractivity contribution in [2.75, 3.05) is 6.61 Å². The first kappa shape index (κ1) is 9.51. The maximum atomic E-state index is 13.0. The summed E-state index contributed by atoms with van der Waals surface area (Å²) in [4.78, 5) is 10.6. The molecule has 0 aliphatic carbocycles. The summed E-state index contributed by atoms with van der Waals surface area (Å²) in [6, 6.07) is 3.93. The molecule has 0 spiro atoms. The Hall–Kier alpha value is -1.58. The fourth-order valence-corrected chi connectivity index (χ4v) is 0.988. The van der Waals surface area contributed by atoms with Gasteiger partial charge in [0, 0.05) is 0 Å². The molecule has 0 saturated carbocycles. The number of benzene rings is 1. The Morgan fingerprint density at radius 2 is 2.31 bits per heavy atom. The number of carboxylic acids is 1. The topological polar surface area (TPSA) is 46.5 Å². The predicted molar refractivity (Wildman–Crippen MR) is 44.5 cm³/mol. The third-order valence-electron chi connectivity index (χ3n) is 1.49. The molecule has 3 nitrogen and oxygen atoms in total. The van der Waals surface area contributed by atoms with Crippen LogP contribution in [-0.4, -0.2) is 17.7 Å². The van der Waals surface area contributed by atoms with Crippen molar-refractivity contribution in [3.8, 4) is 5.75 Å². The van der Waals surface area contributed by atoms with Crippen molar-refractivity contribution in [1.29, 1.82) is 0 Å². The van der Waals surface area contributed by atoms with E-state index in [1.807, 2.05) is 0 Å².